The first-order valence-corrected chi connectivity index (χ1v) is 10.1. The summed E-state index contributed by atoms with van der Waals surface area (Å²) < 4.78 is 21.1. The summed E-state index contributed by atoms with van der Waals surface area (Å²) in [5, 5.41) is 11.5. The highest BCUT2D eigenvalue weighted by atomic mass is 16.5. The molecule has 10 nitrogen and oxygen atoms in total. The first-order chi connectivity index (χ1) is 15.0. The minimum Gasteiger partial charge on any atom is -0.493 e. The molecule has 0 spiro atoms. The fraction of sp³-hybridized carbons (Fsp3) is 0.571. The Kier molecular flexibility index (Phi) is 9.87. The summed E-state index contributed by atoms with van der Waals surface area (Å²) in [4.78, 5) is 29.1. The summed E-state index contributed by atoms with van der Waals surface area (Å²) in [5.74, 6) is 0.382. The van der Waals surface area contributed by atoms with Gasteiger partial charge in [0.1, 0.15) is 0 Å². The van der Waals surface area contributed by atoms with Crippen LogP contribution in [0.4, 0.5) is 0 Å². The van der Waals surface area contributed by atoms with Gasteiger partial charge in [0, 0.05) is 38.3 Å². The first kappa shape index (κ1) is 24.2. The van der Waals surface area contributed by atoms with Crippen LogP contribution in [0.25, 0.3) is 0 Å². The van der Waals surface area contributed by atoms with Crippen LogP contribution in [-0.4, -0.2) is 95.4 Å². The Balaban J connectivity index is 1.98. The average molecular weight is 434 g/mol. The van der Waals surface area contributed by atoms with Gasteiger partial charge in [-0.2, -0.15) is 5.26 Å². The standard InChI is InChI=1S/C21H30N4O6/c1-28-17-13-16(14-18(29-2)20(17)30-3)21(27)23-15-19(26)25(6-4-5-22)8-7-24-9-11-31-12-10-24/h13-14H,4,6-12,15H2,1-3H3,(H,23,27). The van der Waals surface area contributed by atoms with Crippen molar-refractivity contribution < 1.29 is 28.5 Å². The molecule has 1 aliphatic heterocycles. The van der Waals surface area contributed by atoms with E-state index in [-0.39, 0.29) is 24.4 Å². The van der Waals surface area contributed by atoms with Crippen LogP contribution in [0.5, 0.6) is 17.2 Å². The maximum Gasteiger partial charge on any atom is 0.251 e. The minimum absolute atomic E-state index is 0.177. The van der Waals surface area contributed by atoms with E-state index in [4.69, 9.17) is 24.2 Å². The van der Waals surface area contributed by atoms with E-state index in [1.165, 1.54) is 33.5 Å². The van der Waals surface area contributed by atoms with Crippen molar-refractivity contribution in [3.63, 3.8) is 0 Å². The van der Waals surface area contributed by atoms with Crippen LogP contribution in [0.3, 0.4) is 0 Å². The van der Waals surface area contributed by atoms with Gasteiger partial charge in [-0.15, -0.1) is 0 Å². The number of nitrogens with one attached hydrogen (secondary N) is 1. The van der Waals surface area contributed by atoms with E-state index in [1.807, 2.05) is 0 Å². The third-order valence-electron chi connectivity index (χ3n) is 4.96. The van der Waals surface area contributed by atoms with Crippen LogP contribution < -0.4 is 19.5 Å². The van der Waals surface area contributed by atoms with Crippen molar-refractivity contribution in [1.82, 2.24) is 15.1 Å². The molecule has 1 aromatic carbocycles. The monoisotopic (exact) mass is 434 g/mol. The molecule has 0 bridgehead atoms. The molecule has 0 radical (unpaired) electrons. The number of benzene rings is 1. The van der Waals surface area contributed by atoms with E-state index in [0.29, 0.717) is 50.1 Å². The minimum atomic E-state index is -0.444. The average Bonchev–Trinajstić information content (AvgIpc) is 2.81. The molecule has 0 aliphatic carbocycles. The molecule has 0 aromatic heterocycles. The van der Waals surface area contributed by atoms with Crippen LogP contribution in [0.15, 0.2) is 12.1 Å². The number of carbonyl (C=O) groups excluding carboxylic acids is 2. The van der Waals surface area contributed by atoms with Crippen LogP contribution in [0, 0.1) is 11.3 Å². The highest BCUT2D eigenvalue weighted by Gasteiger charge is 2.20. The third-order valence-corrected chi connectivity index (χ3v) is 4.96. The number of rotatable bonds is 11. The van der Waals surface area contributed by atoms with E-state index >= 15 is 0 Å². The van der Waals surface area contributed by atoms with Gasteiger partial charge in [-0.3, -0.25) is 14.5 Å². The second-order valence-electron chi connectivity index (χ2n) is 6.84. The van der Waals surface area contributed by atoms with Gasteiger partial charge >= 0.3 is 0 Å². The van der Waals surface area contributed by atoms with E-state index < -0.39 is 5.91 Å². The lowest BCUT2D eigenvalue weighted by Crippen LogP contribution is -2.46. The van der Waals surface area contributed by atoms with E-state index in [0.717, 1.165) is 13.1 Å². The molecule has 10 heteroatoms. The lowest BCUT2D eigenvalue weighted by molar-refractivity contribution is -0.130. The normalized spacial score (nSPS) is 13.7. The number of methoxy groups -OCH3 is 3. The summed E-state index contributed by atoms with van der Waals surface area (Å²) in [5.41, 5.74) is 0.277. The number of hydrogen-bond donors (Lipinski definition) is 1. The largest absolute Gasteiger partial charge is 0.493 e. The van der Waals surface area contributed by atoms with Crippen molar-refractivity contribution >= 4 is 11.8 Å². The van der Waals surface area contributed by atoms with Crippen LogP contribution >= 0.6 is 0 Å². The maximum absolute atomic E-state index is 12.7. The number of hydrogen-bond acceptors (Lipinski definition) is 8. The molecular formula is C21H30N4O6. The molecule has 1 aliphatic rings. The smallest absolute Gasteiger partial charge is 0.251 e. The Labute approximate surface area is 182 Å². The lowest BCUT2D eigenvalue weighted by atomic mass is 10.1. The molecule has 1 N–H and O–H groups in total. The summed E-state index contributed by atoms with van der Waals surface area (Å²) in [6, 6.07) is 5.11. The van der Waals surface area contributed by atoms with Crippen molar-refractivity contribution in [2.75, 3.05) is 73.8 Å². The number of morpholine rings is 1. The van der Waals surface area contributed by atoms with Gasteiger partial charge in [-0.05, 0) is 12.1 Å². The summed E-state index contributed by atoms with van der Waals surface area (Å²) >= 11 is 0. The highest BCUT2D eigenvalue weighted by molar-refractivity contribution is 5.97. The fourth-order valence-corrected chi connectivity index (χ4v) is 3.22. The van der Waals surface area contributed by atoms with Crippen molar-refractivity contribution in [2.24, 2.45) is 0 Å². The Morgan fingerprint density at radius 3 is 2.32 bits per heavy atom. The number of nitrogens with zero attached hydrogens (tertiary/aromatic N) is 3. The third kappa shape index (κ3) is 7.01. The van der Waals surface area contributed by atoms with Crippen LogP contribution in [0.2, 0.25) is 0 Å². The molecule has 31 heavy (non-hydrogen) atoms. The molecule has 0 unspecified atom stereocenters. The SMILES string of the molecule is COc1cc(C(=O)NCC(=O)N(CCC#N)CCN2CCOCC2)cc(OC)c1OC. The van der Waals surface area contributed by atoms with Gasteiger partial charge < -0.3 is 29.2 Å². The summed E-state index contributed by atoms with van der Waals surface area (Å²) in [6.07, 6.45) is 0.232. The second kappa shape index (κ2) is 12.6. The summed E-state index contributed by atoms with van der Waals surface area (Å²) in [7, 11) is 4.40. The van der Waals surface area contributed by atoms with Crippen LogP contribution in [0.1, 0.15) is 16.8 Å². The van der Waals surface area contributed by atoms with Gasteiger partial charge in [0.15, 0.2) is 11.5 Å². The van der Waals surface area contributed by atoms with Gasteiger partial charge in [-0.1, -0.05) is 0 Å². The van der Waals surface area contributed by atoms with Crippen LogP contribution in [-0.2, 0) is 9.53 Å². The Morgan fingerprint density at radius 1 is 1.13 bits per heavy atom. The highest BCUT2D eigenvalue weighted by Crippen LogP contribution is 2.38. The molecule has 1 aromatic rings. The van der Waals surface area contributed by atoms with E-state index in [1.54, 1.807) is 4.90 Å². The van der Waals surface area contributed by atoms with E-state index in [2.05, 4.69) is 16.3 Å². The topological polar surface area (TPSA) is 113 Å². The predicted molar refractivity (Wildman–Crippen MR) is 113 cm³/mol. The molecule has 0 saturated carbocycles. The second-order valence-corrected chi connectivity index (χ2v) is 6.84. The molecular weight excluding hydrogens is 404 g/mol. The van der Waals surface area contributed by atoms with Crippen molar-refractivity contribution in [3.8, 4) is 23.3 Å². The number of amides is 2. The number of carbonyl (C=O) groups is 2. The lowest BCUT2D eigenvalue weighted by Gasteiger charge is -2.30. The Bertz CT molecular complexity index is 764. The molecule has 1 fully saturated rings. The maximum atomic E-state index is 12.7. The molecule has 170 valence electrons. The number of ether oxygens (including phenoxy) is 4. The predicted octanol–water partition coefficient (Wildman–Crippen LogP) is 0.517. The zero-order valence-electron chi connectivity index (χ0n) is 18.3. The van der Waals surface area contributed by atoms with Gasteiger partial charge in [-0.25, -0.2) is 0 Å². The van der Waals surface area contributed by atoms with Gasteiger partial charge in [0.05, 0.1) is 53.6 Å². The zero-order chi connectivity index (χ0) is 22.6. The van der Waals surface area contributed by atoms with Crippen molar-refractivity contribution in [2.45, 2.75) is 6.42 Å². The summed E-state index contributed by atoms with van der Waals surface area (Å²) in [6.45, 7) is 4.32. The molecule has 0 atom stereocenters. The quantitative estimate of drug-likeness (QED) is 0.536. The Hall–Kier alpha value is -3.03. The van der Waals surface area contributed by atoms with Gasteiger partial charge in [0.25, 0.3) is 5.91 Å². The zero-order valence-corrected chi connectivity index (χ0v) is 18.3. The fourth-order valence-electron chi connectivity index (χ4n) is 3.22. The number of nitriles is 1. The van der Waals surface area contributed by atoms with Crippen molar-refractivity contribution in [1.29, 1.82) is 5.26 Å². The molecule has 1 saturated heterocycles. The first-order valence-electron chi connectivity index (χ1n) is 10.1. The Morgan fingerprint density at radius 2 is 1.77 bits per heavy atom. The molecule has 1 heterocycles. The molecule has 2 amide bonds. The van der Waals surface area contributed by atoms with Crippen molar-refractivity contribution in [3.05, 3.63) is 17.7 Å². The van der Waals surface area contributed by atoms with E-state index in [9.17, 15) is 9.59 Å². The van der Waals surface area contributed by atoms with Gasteiger partial charge in [0.2, 0.25) is 11.7 Å². The molecule has 2 rings (SSSR count).